The van der Waals surface area contributed by atoms with Crippen LogP contribution in [-0.2, 0) is 16.1 Å². The Morgan fingerprint density at radius 2 is 1.74 bits per heavy atom. The maximum atomic E-state index is 11.9. The fraction of sp³-hybridized carbons (Fsp3) is 0.250. The van der Waals surface area contributed by atoms with E-state index >= 15 is 0 Å². The molecule has 2 rings (SSSR count). The van der Waals surface area contributed by atoms with Crippen molar-refractivity contribution in [3.8, 4) is 0 Å². The largest absolute Gasteiger partial charge is 0.384 e. The summed E-state index contributed by atoms with van der Waals surface area (Å²) in [5.74, 6) is -0.129. The first kappa shape index (κ1) is 20.0. The molecule has 0 aliphatic heterocycles. The van der Waals surface area contributed by atoms with Gasteiger partial charge in [-0.05, 0) is 36.2 Å². The van der Waals surface area contributed by atoms with Gasteiger partial charge >= 0.3 is 0 Å². The number of nitrogens with one attached hydrogen (secondary N) is 1. The third-order valence-corrected chi connectivity index (χ3v) is 3.71. The van der Waals surface area contributed by atoms with Crippen molar-refractivity contribution in [3.05, 3.63) is 65.7 Å². The summed E-state index contributed by atoms with van der Waals surface area (Å²) in [4.78, 5) is 30.2. The number of carbonyl (C=O) groups excluding carboxylic acids is 2. The zero-order chi connectivity index (χ0) is 19.6. The Balaban J connectivity index is 1.74. The Kier molecular flexibility index (Phi) is 7.37. The summed E-state index contributed by atoms with van der Waals surface area (Å²) in [6, 6.07) is 16.5. The van der Waals surface area contributed by atoms with Crippen molar-refractivity contribution in [1.29, 1.82) is 0 Å². The van der Waals surface area contributed by atoms with Gasteiger partial charge in [0.1, 0.15) is 5.84 Å². The Bertz CT molecular complexity index is 787. The maximum absolute atomic E-state index is 11.9. The highest BCUT2D eigenvalue weighted by molar-refractivity contribution is 5.95. The lowest BCUT2D eigenvalue weighted by Crippen LogP contribution is -2.22. The van der Waals surface area contributed by atoms with Gasteiger partial charge in [-0.2, -0.15) is 0 Å². The van der Waals surface area contributed by atoms with Crippen LogP contribution in [0.3, 0.4) is 0 Å². The highest BCUT2D eigenvalue weighted by atomic mass is 16.6. The van der Waals surface area contributed by atoms with Crippen LogP contribution in [0.1, 0.15) is 22.3 Å². The summed E-state index contributed by atoms with van der Waals surface area (Å²) < 4.78 is 0. The highest BCUT2D eigenvalue weighted by Gasteiger charge is 2.08. The van der Waals surface area contributed by atoms with Crippen molar-refractivity contribution in [3.63, 3.8) is 0 Å². The molecule has 0 saturated heterocycles. The molecule has 0 heterocycles. The van der Waals surface area contributed by atoms with E-state index in [0.717, 1.165) is 12.0 Å². The van der Waals surface area contributed by atoms with E-state index in [1.54, 1.807) is 38.4 Å². The molecule has 2 aromatic carbocycles. The number of carbonyl (C=O) groups is 2. The molecule has 0 spiro atoms. The normalized spacial score (nSPS) is 11.0. The molecule has 0 radical (unpaired) electrons. The standard InChI is InChI=1S/C20H24N4O3/c1-24(2)20(26)16-9-11-17(12-10-16)22-19(25)14-27-23-18(21)13-8-15-6-4-3-5-7-15/h3-7,9-12H,8,13-14H2,1-2H3,(H2,21,23)(H,22,25). The van der Waals surface area contributed by atoms with Gasteiger partial charge in [0.25, 0.3) is 11.8 Å². The molecule has 0 aromatic heterocycles. The number of amidine groups is 1. The molecule has 0 atom stereocenters. The van der Waals surface area contributed by atoms with E-state index in [1.807, 2.05) is 30.3 Å². The van der Waals surface area contributed by atoms with Crippen molar-refractivity contribution >= 4 is 23.3 Å². The number of nitrogens with two attached hydrogens (primary N) is 1. The van der Waals surface area contributed by atoms with E-state index < -0.39 is 0 Å². The fourth-order valence-electron chi connectivity index (χ4n) is 2.29. The SMILES string of the molecule is CN(C)C(=O)c1ccc(NC(=O)CO/N=C(\N)CCc2ccccc2)cc1. The Labute approximate surface area is 158 Å². The van der Waals surface area contributed by atoms with Gasteiger partial charge in [0.05, 0.1) is 0 Å². The van der Waals surface area contributed by atoms with Crippen molar-refractivity contribution in [1.82, 2.24) is 4.90 Å². The molecule has 0 saturated carbocycles. The highest BCUT2D eigenvalue weighted by Crippen LogP contribution is 2.10. The molecule has 7 nitrogen and oxygen atoms in total. The number of oxime groups is 1. The third kappa shape index (κ3) is 6.81. The quantitative estimate of drug-likeness (QED) is 0.424. The van der Waals surface area contributed by atoms with Crippen LogP contribution in [0.5, 0.6) is 0 Å². The number of rotatable bonds is 8. The Hall–Kier alpha value is -3.35. The van der Waals surface area contributed by atoms with Crippen LogP contribution in [0, 0.1) is 0 Å². The number of nitrogens with zero attached hydrogens (tertiary/aromatic N) is 2. The van der Waals surface area contributed by atoms with Gasteiger partial charge in [-0.15, -0.1) is 0 Å². The van der Waals surface area contributed by atoms with Crippen molar-refractivity contribution in [2.24, 2.45) is 10.9 Å². The first-order valence-corrected chi connectivity index (χ1v) is 8.55. The molecule has 7 heteroatoms. The second-order valence-electron chi connectivity index (χ2n) is 6.17. The number of hydrogen-bond acceptors (Lipinski definition) is 4. The minimum absolute atomic E-state index is 0.100. The van der Waals surface area contributed by atoms with Gasteiger partial charge in [0, 0.05) is 31.8 Å². The average molecular weight is 368 g/mol. The predicted molar refractivity (Wildman–Crippen MR) is 105 cm³/mol. The third-order valence-electron chi connectivity index (χ3n) is 3.71. The van der Waals surface area contributed by atoms with Crippen molar-refractivity contribution in [2.75, 3.05) is 26.0 Å². The van der Waals surface area contributed by atoms with Crippen molar-refractivity contribution < 1.29 is 14.4 Å². The maximum Gasteiger partial charge on any atom is 0.265 e. The molecule has 0 unspecified atom stereocenters. The van der Waals surface area contributed by atoms with E-state index in [-0.39, 0.29) is 18.4 Å². The van der Waals surface area contributed by atoms with E-state index in [1.165, 1.54) is 4.90 Å². The van der Waals surface area contributed by atoms with E-state index in [4.69, 9.17) is 10.6 Å². The van der Waals surface area contributed by atoms with Crippen molar-refractivity contribution in [2.45, 2.75) is 12.8 Å². The lowest BCUT2D eigenvalue weighted by Gasteiger charge is -2.10. The number of aryl methyl sites for hydroxylation is 1. The van der Waals surface area contributed by atoms with Crippen LogP contribution in [0.2, 0.25) is 0 Å². The van der Waals surface area contributed by atoms with E-state index in [2.05, 4.69) is 10.5 Å². The van der Waals surface area contributed by atoms with E-state index in [9.17, 15) is 9.59 Å². The smallest absolute Gasteiger partial charge is 0.265 e. The van der Waals surface area contributed by atoms with Crippen LogP contribution in [0.25, 0.3) is 0 Å². The number of amides is 2. The van der Waals surface area contributed by atoms with E-state index in [0.29, 0.717) is 23.5 Å². The summed E-state index contributed by atoms with van der Waals surface area (Å²) in [5.41, 5.74) is 8.06. The second-order valence-corrected chi connectivity index (χ2v) is 6.17. The van der Waals surface area contributed by atoms with Gasteiger partial charge in [0.2, 0.25) is 0 Å². The van der Waals surface area contributed by atoms with Gasteiger partial charge in [0.15, 0.2) is 6.61 Å². The fourth-order valence-corrected chi connectivity index (χ4v) is 2.29. The van der Waals surface area contributed by atoms with Crippen LogP contribution in [0.4, 0.5) is 5.69 Å². The minimum Gasteiger partial charge on any atom is -0.384 e. The van der Waals surface area contributed by atoms with Crippen LogP contribution >= 0.6 is 0 Å². The van der Waals surface area contributed by atoms with Crippen LogP contribution in [0.15, 0.2) is 59.8 Å². The Morgan fingerprint density at radius 1 is 1.07 bits per heavy atom. The molecule has 0 aliphatic rings. The molecular weight excluding hydrogens is 344 g/mol. The number of anilines is 1. The van der Waals surface area contributed by atoms with Gasteiger partial charge in [-0.1, -0.05) is 35.5 Å². The van der Waals surface area contributed by atoms with Gasteiger partial charge in [-0.25, -0.2) is 0 Å². The average Bonchev–Trinajstić information content (AvgIpc) is 2.67. The molecule has 142 valence electrons. The topological polar surface area (TPSA) is 97.0 Å². The van der Waals surface area contributed by atoms with Crippen LogP contribution in [-0.4, -0.2) is 43.3 Å². The van der Waals surface area contributed by atoms with Crippen LogP contribution < -0.4 is 11.1 Å². The van der Waals surface area contributed by atoms with Gasteiger partial charge < -0.3 is 20.8 Å². The Morgan fingerprint density at radius 3 is 2.37 bits per heavy atom. The lowest BCUT2D eigenvalue weighted by molar-refractivity contribution is -0.120. The number of hydrogen-bond donors (Lipinski definition) is 2. The summed E-state index contributed by atoms with van der Waals surface area (Å²) in [6.45, 7) is -0.246. The monoisotopic (exact) mass is 368 g/mol. The first-order valence-electron chi connectivity index (χ1n) is 8.55. The molecule has 2 aromatic rings. The molecule has 2 amide bonds. The molecule has 0 fully saturated rings. The molecule has 27 heavy (non-hydrogen) atoms. The molecule has 0 aliphatic carbocycles. The molecular formula is C20H24N4O3. The summed E-state index contributed by atoms with van der Waals surface area (Å²) in [6.07, 6.45) is 1.30. The second kappa shape index (κ2) is 9.96. The molecule has 0 bridgehead atoms. The minimum atomic E-state index is -0.360. The molecule has 3 N–H and O–H groups in total. The number of benzene rings is 2. The zero-order valence-corrected chi connectivity index (χ0v) is 15.5. The summed E-state index contributed by atoms with van der Waals surface area (Å²) in [5, 5.41) is 6.43. The predicted octanol–water partition coefficient (Wildman–Crippen LogP) is 2.25. The lowest BCUT2D eigenvalue weighted by atomic mass is 10.1. The summed E-state index contributed by atoms with van der Waals surface area (Å²) >= 11 is 0. The zero-order valence-electron chi connectivity index (χ0n) is 15.5. The summed E-state index contributed by atoms with van der Waals surface area (Å²) in [7, 11) is 3.36. The van der Waals surface area contributed by atoms with Gasteiger partial charge in [-0.3, -0.25) is 9.59 Å². The first-order chi connectivity index (χ1) is 13.0.